The molecule has 4 saturated carbocycles. The first-order chi connectivity index (χ1) is 21.8. The summed E-state index contributed by atoms with van der Waals surface area (Å²) in [4.78, 5) is 3.18. The molecule has 2 aliphatic heterocycles. The van der Waals surface area contributed by atoms with Crippen molar-refractivity contribution in [2.45, 2.75) is 136 Å². The van der Waals surface area contributed by atoms with E-state index >= 15 is 0 Å². The summed E-state index contributed by atoms with van der Waals surface area (Å²) in [5.74, 6) is 4.89. The molecule has 46 heavy (non-hydrogen) atoms. The maximum absolute atomic E-state index is 13.5. The van der Waals surface area contributed by atoms with Crippen molar-refractivity contribution < 1.29 is 13.0 Å². The van der Waals surface area contributed by atoms with E-state index in [2.05, 4.69) is 75.6 Å². The normalized spacial score (nSPS) is 40.8. The van der Waals surface area contributed by atoms with Crippen LogP contribution >= 0.6 is 0 Å². The van der Waals surface area contributed by atoms with E-state index in [9.17, 15) is 8.42 Å². The maximum Gasteiger partial charge on any atom is 0.182 e. The molecule has 0 bridgehead atoms. The number of likely N-dealkylation sites (tertiary alicyclic amines) is 1. The van der Waals surface area contributed by atoms with Crippen molar-refractivity contribution in [3.63, 3.8) is 0 Å². The van der Waals surface area contributed by atoms with Crippen molar-refractivity contribution in [1.82, 2.24) is 4.90 Å². The molecule has 2 heterocycles. The lowest BCUT2D eigenvalue weighted by Crippen LogP contribution is -2.45. The molecule has 0 amide bonds. The van der Waals surface area contributed by atoms with Gasteiger partial charge >= 0.3 is 0 Å². The van der Waals surface area contributed by atoms with E-state index in [0.29, 0.717) is 28.8 Å². The third-order valence-corrected chi connectivity index (χ3v) is 16.1. The summed E-state index contributed by atoms with van der Waals surface area (Å²) in [5.41, 5.74) is 5.05. The number of rotatable bonds is 4. The summed E-state index contributed by atoms with van der Waals surface area (Å²) in [6.45, 7) is 9.90. The largest absolute Gasteiger partial charge is 0.374 e. The predicted octanol–water partition coefficient (Wildman–Crippen LogP) is 9.10. The van der Waals surface area contributed by atoms with E-state index < -0.39 is 9.84 Å². The van der Waals surface area contributed by atoms with Gasteiger partial charge in [0.05, 0.1) is 10.3 Å². The minimum absolute atomic E-state index is 0.104. The second-order valence-electron chi connectivity index (χ2n) is 17.9. The summed E-state index contributed by atoms with van der Waals surface area (Å²) >= 11 is 0. The molecule has 4 nitrogen and oxygen atoms in total. The number of allylic oxidation sites excluding steroid dienone is 7. The summed E-state index contributed by atoms with van der Waals surface area (Å²) in [6.07, 6.45) is 29.8. The Morgan fingerprint density at radius 3 is 2.04 bits per heavy atom. The van der Waals surface area contributed by atoms with Crippen molar-refractivity contribution in [3.8, 4) is 0 Å². The molecule has 0 aromatic carbocycles. The Morgan fingerprint density at radius 2 is 1.37 bits per heavy atom. The topological polar surface area (TPSA) is 40.4 Å². The molecule has 5 heteroatoms. The SMILES string of the molecule is CN1/C(=C/C=C2\CCCC(/C=C/C3=[N+](C)C4CCC5CCCCC5C4C3(C)C)=C2S(C)(=O)=O)C(C)(C)C2C3CCCCC3CCC21. The van der Waals surface area contributed by atoms with E-state index in [4.69, 9.17) is 0 Å². The zero-order valence-electron chi connectivity index (χ0n) is 30.2. The fourth-order valence-corrected chi connectivity index (χ4v) is 14.4. The van der Waals surface area contributed by atoms with Crippen LogP contribution in [0.25, 0.3) is 0 Å². The highest BCUT2D eigenvalue weighted by Crippen LogP contribution is 2.59. The molecule has 1 saturated heterocycles. The summed E-state index contributed by atoms with van der Waals surface area (Å²) < 4.78 is 29.6. The van der Waals surface area contributed by atoms with E-state index in [-0.39, 0.29) is 10.8 Å². The van der Waals surface area contributed by atoms with Crippen LogP contribution in [-0.2, 0) is 9.84 Å². The molecule has 8 atom stereocenters. The third kappa shape index (κ3) is 5.36. The Bertz CT molecular complexity index is 1490. The van der Waals surface area contributed by atoms with Crippen molar-refractivity contribution in [3.05, 3.63) is 46.1 Å². The first kappa shape index (κ1) is 32.9. The van der Waals surface area contributed by atoms with Crippen molar-refractivity contribution in [2.75, 3.05) is 20.4 Å². The second-order valence-corrected chi connectivity index (χ2v) is 19.8. The molecular formula is C41H63N2O2S+. The van der Waals surface area contributed by atoms with Crippen LogP contribution in [0, 0.1) is 46.3 Å². The molecule has 0 aromatic rings. The van der Waals surface area contributed by atoms with Crippen molar-refractivity contribution in [2.24, 2.45) is 46.3 Å². The summed E-state index contributed by atoms with van der Waals surface area (Å²) in [7, 11) is 1.24. The number of sulfone groups is 1. The molecular weight excluding hydrogens is 585 g/mol. The number of hydrogen-bond donors (Lipinski definition) is 0. The summed E-state index contributed by atoms with van der Waals surface area (Å²) in [5, 5.41) is 0. The first-order valence-corrected chi connectivity index (χ1v) is 21.1. The van der Waals surface area contributed by atoms with Gasteiger partial charge in [-0.25, -0.2) is 13.0 Å². The molecule has 0 radical (unpaired) electrons. The predicted molar refractivity (Wildman–Crippen MR) is 191 cm³/mol. The van der Waals surface area contributed by atoms with Crippen LogP contribution in [0.3, 0.4) is 0 Å². The Hall–Kier alpha value is -1.62. The van der Waals surface area contributed by atoms with Gasteiger partial charge < -0.3 is 4.90 Å². The smallest absolute Gasteiger partial charge is 0.182 e. The Kier molecular flexibility index (Phi) is 8.63. The number of hydrogen-bond acceptors (Lipinski definition) is 3. The highest BCUT2D eigenvalue weighted by atomic mass is 32.2. The molecule has 5 fully saturated rings. The molecule has 7 rings (SSSR count). The zero-order chi connectivity index (χ0) is 32.6. The Labute approximate surface area is 281 Å². The van der Waals surface area contributed by atoms with E-state index in [1.807, 2.05) is 0 Å². The number of fused-ring (bicyclic) bond motifs is 6. The van der Waals surface area contributed by atoms with Crippen LogP contribution in [0.5, 0.6) is 0 Å². The van der Waals surface area contributed by atoms with E-state index in [1.165, 1.54) is 94.7 Å². The second kappa shape index (κ2) is 12.1. The molecule has 8 unspecified atom stereocenters. The lowest BCUT2D eigenvalue weighted by Gasteiger charge is -2.47. The van der Waals surface area contributed by atoms with E-state index in [0.717, 1.165) is 54.1 Å². The van der Waals surface area contributed by atoms with Crippen LogP contribution in [-0.4, -0.2) is 56.0 Å². The lowest BCUT2D eigenvalue weighted by atomic mass is 9.57. The van der Waals surface area contributed by atoms with Crippen LogP contribution in [0.2, 0.25) is 0 Å². The van der Waals surface area contributed by atoms with Crippen LogP contribution < -0.4 is 0 Å². The minimum Gasteiger partial charge on any atom is -0.374 e. The molecule has 0 aromatic heterocycles. The van der Waals surface area contributed by atoms with Gasteiger partial charge in [0.15, 0.2) is 21.6 Å². The first-order valence-electron chi connectivity index (χ1n) is 19.2. The van der Waals surface area contributed by atoms with Gasteiger partial charge in [-0.15, -0.1) is 0 Å². The summed E-state index contributed by atoms with van der Waals surface area (Å²) in [6, 6.07) is 1.23. The van der Waals surface area contributed by atoms with Gasteiger partial charge in [0.2, 0.25) is 0 Å². The Morgan fingerprint density at radius 1 is 0.739 bits per heavy atom. The van der Waals surface area contributed by atoms with Gasteiger partial charge in [-0.05, 0) is 112 Å². The standard InChI is InChI=1S/C41H63N2O2S/c1-40(2)35(42(5)33-23-19-27-13-8-10-17-31(27)37(33)40)25-21-29-15-12-16-30(39(29)46(7,44)45)22-26-36-41(3,4)38-32-18-11-9-14-28(32)20-24-34(38)43(36)6/h21-22,25-28,31-34,37-38H,8-20,23-24H2,1-7H3/q+1. The highest BCUT2D eigenvalue weighted by molar-refractivity contribution is 7.94. The fraction of sp³-hybridized carbons (Fsp3) is 0.780. The van der Waals surface area contributed by atoms with Gasteiger partial charge in [0.25, 0.3) is 0 Å². The zero-order valence-corrected chi connectivity index (χ0v) is 31.0. The highest BCUT2D eigenvalue weighted by Gasteiger charge is 2.59. The maximum atomic E-state index is 13.5. The molecule has 0 spiro atoms. The molecule has 0 N–H and O–H groups in total. The molecule has 5 aliphatic carbocycles. The van der Waals surface area contributed by atoms with Crippen LogP contribution in [0.15, 0.2) is 46.1 Å². The van der Waals surface area contributed by atoms with Crippen molar-refractivity contribution >= 4 is 15.5 Å². The quantitative estimate of drug-likeness (QED) is 0.286. The average molecular weight is 648 g/mol. The van der Waals surface area contributed by atoms with Gasteiger partial charge in [0, 0.05) is 48.9 Å². The van der Waals surface area contributed by atoms with Gasteiger partial charge in [-0.2, -0.15) is 0 Å². The fourth-order valence-electron chi connectivity index (χ4n) is 13.1. The lowest BCUT2D eigenvalue weighted by molar-refractivity contribution is -0.541. The van der Waals surface area contributed by atoms with Crippen LogP contribution in [0.1, 0.15) is 124 Å². The van der Waals surface area contributed by atoms with Gasteiger partial charge in [0.1, 0.15) is 7.05 Å². The molecule has 254 valence electrons. The van der Waals surface area contributed by atoms with Gasteiger partial charge in [-0.3, -0.25) is 0 Å². The monoisotopic (exact) mass is 647 g/mol. The van der Waals surface area contributed by atoms with E-state index in [1.54, 1.807) is 0 Å². The minimum atomic E-state index is -3.38. The van der Waals surface area contributed by atoms with Crippen molar-refractivity contribution in [1.29, 1.82) is 0 Å². The number of nitrogens with zero attached hydrogens (tertiary/aromatic N) is 2. The van der Waals surface area contributed by atoms with Crippen LogP contribution in [0.4, 0.5) is 0 Å². The third-order valence-electron chi connectivity index (χ3n) is 14.8. The Balaban J connectivity index is 1.21. The molecule has 7 aliphatic rings. The van der Waals surface area contributed by atoms with Gasteiger partial charge in [-0.1, -0.05) is 64.5 Å². The average Bonchev–Trinajstić information content (AvgIpc) is 3.35.